The molecular weight excluding hydrogens is 215 g/mol. The first kappa shape index (κ1) is 17.4. The number of esters is 1. The minimum absolute atomic E-state index is 0. The van der Waals surface area contributed by atoms with Gasteiger partial charge in [0.1, 0.15) is 0 Å². The van der Waals surface area contributed by atoms with Crippen molar-refractivity contribution in [1.29, 1.82) is 0 Å². The third-order valence-corrected chi connectivity index (χ3v) is 2.41. The zero-order valence-electron chi connectivity index (χ0n) is 9.23. The van der Waals surface area contributed by atoms with Crippen LogP contribution in [-0.4, -0.2) is 50.2 Å². The van der Waals surface area contributed by atoms with Gasteiger partial charge in [0.2, 0.25) is 0 Å². The van der Waals surface area contributed by atoms with Crippen LogP contribution in [0, 0.1) is 0 Å². The molecule has 0 aliphatic rings. The van der Waals surface area contributed by atoms with Gasteiger partial charge in [0, 0.05) is 25.8 Å². The Balaban J connectivity index is 0. The maximum Gasteiger partial charge on any atom is 0.302 e. The number of ether oxygens (including phenoxy) is 1. The molecule has 0 heterocycles. The summed E-state index contributed by atoms with van der Waals surface area (Å²) in [6.07, 6.45) is 2.67. The summed E-state index contributed by atoms with van der Waals surface area (Å²) in [5.74, 6) is -0.497. The minimum Gasteiger partial charge on any atom is -0.466 e. The Hall–Kier alpha value is -0.0226. The topological polar surface area (TPSA) is 80.7 Å². The first-order chi connectivity index (χ1) is 6.42. The second kappa shape index (κ2) is 9.22. The summed E-state index contributed by atoms with van der Waals surface area (Å²) in [4.78, 5) is 10.3. The second-order valence-corrected chi connectivity index (χ2v) is 4.61. The van der Waals surface area contributed by atoms with Crippen molar-refractivity contribution >= 4 is 34.9 Å². The summed E-state index contributed by atoms with van der Waals surface area (Å²) < 4.78 is 33.7. The number of rotatable bonds is 7. The van der Waals surface area contributed by atoms with E-state index in [-0.39, 0.29) is 30.6 Å². The average molecular weight is 231 g/mol. The van der Waals surface area contributed by atoms with Crippen LogP contribution < -0.4 is 0 Å². The van der Waals surface area contributed by atoms with Crippen LogP contribution in [0.3, 0.4) is 0 Å². The van der Waals surface area contributed by atoms with Crippen LogP contribution in [0.25, 0.3) is 0 Å². The van der Waals surface area contributed by atoms with Gasteiger partial charge in [-0.3, -0.25) is 9.35 Å². The van der Waals surface area contributed by atoms with Crippen LogP contribution in [0.4, 0.5) is 0 Å². The zero-order chi connectivity index (χ0) is 11.0. The first-order valence-corrected chi connectivity index (χ1v) is 6.11. The van der Waals surface area contributed by atoms with E-state index in [1.165, 1.54) is 6.92 Å². The van der Waals surface area contributed by atoms with Gasteiger partial charge in [-0.25, -0.2) is 0 Å². The van der Waals surface area contributed by atoms with E-state index >= 15 is 0 Å². The fourth-order valence-corrected chi connectivity index (χ4v) is 1.52. The van der Waals surface area contributed by atoms with Crippen molar-refractivity contribution in [3.05, 3.63) is 0 Å². The van der Waals surface area contributed by atoms with Gasteiger partial charge in [-0.1, -0.05) is 12.8 Å². The molecular formula is C8H16LiO5S. The first-order valence-electron chi connectivity index (χ1n) is 4.50. The summed E-state index contributed by atoms with van der Waals surface area (Å²) in [5, 5.41) is 0. The van der Waals surface area contributed by atoms with Crippen molar-refractivity contribution < 1.29 is 22.5 Å². The standard InChI is InChI=1S/C8H16O5S.Li/c1-8(9)13-6-4-2-3-5-7-14(10,11)12;/h2-7H2,1H3,(H,10,11,12);. The van der Waals surface area contributed by atoms with Gasteiger partial charge >= 0.3 is 5.97 Å². The monoisotopic (exact) mass is 231 g/mol. The maximum atomic E-state index is 10.3. The molecule has 0 fully saturated rings. The smallest absolute Gasteiger partial charge is 0.302 e. The summed E-state index contributed by atoms with van der Waals surface area (Å²) in [7, 11) is -3.82. The molecule has 0 aliphatic heterocycles. The molecule has 0 saturated heterocycles. The number of carbonyl (C=O) groups excluding carboxylic acids is 1. The molecule has 0 aromatic rings. The van der Waals surface area contributed by atoms with Crippen molar-refractivity contribution in [2.45, 2.75) is 32.6 Å². The summed E-state index contributed by atoms with van der Waals surface area (Å²) in [5.41, 5.74) is 0. The summed E-state index contributed by atoms with van der Waals surface area (Å²) in [6.45, 7) is 1.72. The molecule has 15 heavy (non-hydrogen) atoms. The van der Waals surface area contributed by atoms with Crippen LogP contribution in [0.1, 0.15) is 32.6 Å². The molecule has 85 valence electrons. The minimum atomic E-state index is -3.82. The van der Waals surface area contributed by atoms with Crippen molar-refractivity contribution in [3.63, 3.8) is 0 Å². The van der Waals surface area contributed by atoms with Gasteiger partial charge < -0.3 is 4.74 Å². The molecule has 1 radical (unpaired) electrons. The molecule has 5 nitrogen and oxygen atoms in total. The van der Waals surface area contributed by atoms with Crippen LogP contribution in [0.15, 0.2) is 0 Å². The summed E-state index contributed by atoms with van der Waals surface area (Å²) in [6, 6.07) is 0. The number of hydrogen-bond acceptors (Lipinski definition) is 4. The fraction of sp³-hybridized carbons (Fsp3) is 0.875. The van der Waals surface area contributed by atoms with Gasteiger partial charge in [0.25, 0.3) is 10.1 Å². The maximum absolute atomic E-state index is 10.3. The summed E-state index contributed by atoms with van der Waals surface area (Å²) >= 11 is 0. The average Bonchev–Trinajstić information content (AvgIpc) is 2.00. The largest absolute Gasteiger partial charge is 0.466 e. The number of hydrogen-bond donors (Lipinski definition) is 1. The third-order valence-electron chi connectivity index (χ3n) is 1.60. The van der Waals surface area contributed by atoms with Crippen molar-refractivity contribution in [2.75, 3.05) is 12.4 Å². The van der Waals surface area contributed by atoms with Crippen LogP contribution in [0.2, 0.25) is 0 Å². The Morgan fingerprint density at radius 2 is 1.73 bits per heavy atom. The quantitative estimate of drug-likeness (QED) is 0.300. The molecule has 0 rings (SSSR count). The molecule has 0 unspecified atom stereocenters. The van der Waals surface area contributed by atoms with Crippen LogP contribution in [0.5, 0.6) is 0 Å². The molecule has 1 N–H and O–H groups in total. The second-order valence-electron chi connectivity index (χ2n) is 3.04. The molecule has 0 bridgehead atoms. The van der Waals surface area contributed by atoms with E-state index in [9.17, 15) is 13.2 Å². The fourth-order valence-electron chi connectivity index (χ4n) is 0.956. The Morgan fingerprint density at radius 1 is 1.20 bits per heavy atom. The van der Waals surface area contributed by atoms with E-state index in [1.807, 2.05) is 0 Å². The Kier molecular flexibility index (Phi) is 10.7. The van der Waals surface area contributed by atoms with E-state index < -0.39 is 10.1 Å². The van der Waals surface area contributed by atoms with Crippen LogP contribution in [-0.2, 0) is 19.6 Å². The number of unbranched alkanes of at least 4 members (excludes halogenated alkanes) is 3. The molecule has 0 aromatic carbocycles. The predicted molar refractivity (Wildman–Crippen MR) is 57.3 cm³/mol. The Bertz CT molecular complexity index is 262. The SMILES string of the molecule is CC(=O)OCCCCCCS(=O)(=O)O.[Li]. The molecule has 0 spiro atoms. The van der Waals surface area contributed by atoms with Crippen molar-refractivity contribution in [2.24, 2.45) is 0 Å². The van der Waals surface area contributed by atoms with E-state index in [0.717, 1.165) is 12.8 Å². The van der Waals surface area contributed by atoms with E-state index in [1.54, 1.807) is 0 Å². The van der Waals surface area contributed by atoms with Crippen molar-refractivity contribution in [1.82, 2.24) is 0 Å². The molecule has 0 amide bonds. The van der Waals surface area contributed by atoms with E-state index in [2.05, 4.69) is 4.74 Å². The van der Waals surface area contributed by atoms with Crippen LogP contribution >= 0.6 is 0 Å². The normalized spacial score (nSPS) is 10.5. The number of carbonyl (C=O) groups is 1. The molecule has 0 aliphatic carbocycles. The third kappa shape index (κ3) is 16.6. The van der Waals surface area contributed by atoms with Crippen molar-refractivity contribution in [3.8, 4) is 0 Å². The van der Waals surface area contributed by atoms with Gasteiger partial charge in [-0.15, -0.1) is 0 Å². The molecule has 0 atom stereocenters. The van der Waals surface area contributed by atoms with Gasteiger partial charge in [0.15, 0.2) is 0 Å². The Labute approximate surface area is 102 Å². The molecule has 0 saturated carbocycles. The Morgan fingerprint density at radius 3 is 2.20 bits per heavy atom. The van der Waals surface area contributed by atoms with Gasteiger partial charge in [-0.05, 0) is 12.8 Å². The van der Waals surface area contributed by atoms with Gasteiger partial charge in [0.05, 0.1) is 12.4 Å². The zero-order valence-corrected chi connectivity index (χ0v) is 10.0. The molecule has 7 heteroatoms. The van der Waals surface area contributed by atoms with Gasteiger partial charge in [-0.2, -0.15) is 8.42 Å². The van der Waals surface area contributed by atoms with E-state index in [4.69, 9.17) is 4.55 Å². The molecule has 0 aromatic heterocycles. The van der Waals surface area contributed by atoms with E-state index in [0.29, 0.717) is 19.4 Å². The predicted octanol–water partition coefficient (Wildman–Crippen LogP) is 0.617.